The van der Waals surface area contributed by atoms with Crippen molar-refractivity contribution >= 4 is 29.0 Å². The largest absolute Gasteiger partial charge is 0.481 e. The van der Waals surface area contributed by atoms with E-state index < -0.39 is 5.97 Å². The number of nitrogens with one attached hydrogen (secondary N) is 1. The SMILES string of the molecule is Cc1ccn(-c2cccc(N(C)C)c2)c(=O)c1N1CCc2nc(Nc3ccc(CCC(=O)O)cc3)ncc2C1. The van der Waals surface area contributed by atoms with Gasteiger partial charge in [0.2, 0.25) is 5.95 Å². The van der Waals surface area contributed by atoms with E-state index in [4.69, 9.17) is 10.1 Å². The van der Waals surface area contributed by atoms with Gasteiger partial charge in [0.15, 0.2) is 0 Å². The first-order valence-electron chi connectivity index (χ1n) is 13.0. The average molecular weight is 525 g/mol. The van der Waals surface area contributed by atoms with E-state index in [9.17, 15) is 9.59 Å². The first-order valence-corrected chi connectivity index (χ1v) is 13.0. The van der Waals surface area contributed by atoms with Crippen LogP contribution < -0.4 is 20.7 Å². The van der Waals surface area contributed by atoms with Gasteiger partial charge in [-0.1, -0.05) is 18.2 Å². The molecule has 2 aromatic carbocycles. The molecule has 9 nitrogen and oxygen atoms in total. The van der Waals surface area contributed by atoms with Crippen molar-refractivity contribution in [3.05, 3.63) is 99.7 Å². The minimum atomic E-state index is -0.805. The lowest BCUT2D eigenvalue weighted by molar-refractivity contribution is -0.136. The summed E-state index contributed by atoms with van der Waals surface area (Å²) in [4.78, 5) is 37.9. The molecule has 0 radical (unpaired) electrons. The average Bonchev–Trinajstić information content (AvgIpc) is 2.93. The van der Waals surface area contributed by atoms with Gasteiger partial charge in [-0.05, 0) is 60.9 Å². The molecular formula is C30H32N6O3. The Bertz CT molecular complexity index is 1560. The molecule has 9 heteroatoms. The van der Waals surface area contributed by atoms with E-state index in [2.05, 4.69) is 15.2 Å². The van der Waals surface area contributed by atoms with Crippen LogP contribution in [-0.4, -0.2) is 46.3 Å². The van der Waals surface area contributed by atoms with Crippen LogP contribution in [0.15, 0.2) is 71.8 Å². The van der Waals surface area contributed by atoms with E-state index in [-0.39, 0.29) is 12.0 Å². The summed E-state index contributed by atoms with van der Waals surface area (Å²) in [6.45, 7) is 3.22. The van der Waals surface area contributed by atoms with Gasteiger partial charge >= 0.3 is 5.97 Å². The molecule has 0 atom stereocenters. The molecule has 0 saturated carbocycles. The minimum absolute atomic E-state index is 0.0413. The summed E-state index contributed by atoms with van der Waals surface area (Å²) < 4.78 is 1.71. The number of nitrogens with zero attached hydrogens (tertiary/aromatic N) is 5. The summed E-state index contributed by atoms with van der Waals surface area (Å²) in [5, 5.41) is 12.1. The summed E-state index contributed by atoms with van der Waals surface area (Å²) in [7, 11) is 3.97. The number of fused-ring (bicyclic) bond motifs is 1. The van der Waals surface area contributed by atoms with E-state index in [0.29, 0.717) is 37.6 Å². The van der Waals surface area contributed by atoms with Gasteiger partial charge in [0.05, 0.1) is 11.4 Å². The normalized spacial score (nSPS) is 12.6. The molecule has 0 amide bonds. The van der Waals surface area contributed by atoms with Crippen LogP contribution in [0.3, 0.4) is 0 Å². The number of aliphatic carboxylic acids is 1. The van der Waals surface area contributed by atoms with Crippen molar-refractivity contribution < 1.29 is 9.90 Å². The number of aromatic nitrogens is 3. The van der Waals surface area contributed by atoms with Crippen molar-refractivity contribution in [1.82, 2.24) is 14.5 Å². The standard InChI is InChI=1S/C30H32N6O3/c1-20-13-16-36(25-6-4-5-24(17-25)34(2)3)29(39)28(20)35-15-14-26-22(19-35)18-31-30(33-26)32-23-10-7-21(8-11-23)9-12-27(37)38/h4-8,10-11,13,16-18H,9,12,14-15,19H2,1-3H3,(H,37,38)(H,31,32,33). The highest BCUT2D eigenvalue weighted by Crippen LogP contribution is 2.26. The molecule has 4 aromatic rings. The summed E-state index contributed by atoms with van der Waals surface area (Å²) >= 11 is 0. The number of carbonyl (C=O) groups is 1. The molecule has 200 valence electrons. The Hall–Kier alpha value is -4.66. The molecule has 5 rings (SSSR count). The highest BCUT2D eigenvalue weighted by atomic mass is 16.4. The number of aryl methyl sites for hydroxylation is 2. The van der Waals surface area contributed by atoms with E-state index in [1.165, 1.54) is 0 Å². The number of carboxylic acid groups (broad SMARTS) is 1. The Balaban J connectivity index is 1.33. The number of hydrogen-bond acceptors (Lipinski definition) is 7. The lowest BCUT2D eigenvalue weighted by Crippen LogP contribution is -2.37. The molecule has 0 bridgehead atoms. The van der Waals surface area contributed by atoms with Gasteiger partial charge < -0.3 is 20.2 Å². The molecule has 0 saturated heterocycles. The maximum absolute atomic E-state index is 13.7. The van der Waals surface area contributed by atoms with Crippen LogP contribution in [0.25, 0.3) is 5.69 Å². The van der Waals surface area contributed by atoms with Crippen molar-refractivity contribution in [2.45, 2.75) is 32.7 Å². The molecule has 3 heterocycles. The number of rotatable bonds is 8. The number of anilines is 4. The van der Waals surface area contributed by atoms with Gasteiger partial charge in [-0.2, -0.15) is 0 Å². The molecule has 1 aliphatic rings. The zero-order valence-electron chi connectivity index (χ0n) is 22.4. The van der Waals surface area contributed by atoms with Crippen LogP contribution in [0.2, 0.25) is 0 Å². The zero-order valence-corrected chi connectivity index (χ0v) is 22.4. The van der Waals surface area contributed by atoms with E-state index in [0.717, 1.165) is 39.4 Å². The van der Waals surface area contributed by atoms with Gasteiger partial charge in [-0.15, -0.1) is 0 Å². The fraction of sp³-hybridized carbons (Fsp3) is 0.267. The van der Waals surface area contributed by atoms with Gasteiger partial charge in [0.1, 0.15) is 5.69 Å². The van der Waals surface area contributed by atoms with Crippen LogP contribution in [0.1, 0.15) is 28.8 Å². The Labute approximate surface area is 227 Å². The Kier molecular flexibility index (Phi) is 7.31. The van der Waals surface area contributed by atoms with E-state index in [1.807, 2.05) is 92.9 Å². The Morgan fingerprint density at radius 1 is 1.13 bits per heavy atom. The second kappa shape index (κ2) is 11.0. The van der Waals surface area contributed by atoms with Crippen molar-refractivity contribution in [2.75, 3.05) is 35.8 Å². The number of pyridine rings is 1. The first kappa shape index (κ1) is 26.0. The first-order chi connectivity index (χ1) is 18.8. The molecular weight excluding hydrogens is 492 g/mol. The third-order valence-corrected chi connectivity index (χ3v) is 6.98. The summed E-state index contributed by atoms with van der Waals surface area (Å²) in [5.41, 5.74) is 7.23. The van der Waals surface area contributed by atoms with Crippen LogP contribution in [0, 0.1) is 6.92 Å². The summed E-state index contributed by atoms with van der Waals surface area (Å²) in [6, 6.07) is 17.6. The summed E-state index contributed by atoms with van der Waals surface area (Å²) in [6.07, 6.45) is 4.97. The molecule has 2 N–H and O–H groups in total. The highest BCUT2D eigenvalue weighted by Gasteiger charge is 2.23. The summed E-state index contributed by atoms with van der Waals surface area (Å²) in [5.74, 6) is -0.291. The fourth-order valence-electron chi connectivity index (χ4n) is 4.83. The predicted octanol–water partition coefficient (Wildman–Crippen LogP) is 4.33. The van der Waals surface area contributed by atoms with E-state index >= 15 is 0 Å². The van der Waals surface area contributed by atoms with Gasteiger partial charge in [-0.3, -0.25) is 14.2 Å². The molecule has 0 aliphatic carbocycles. The van der Waals surface area contributed by atoms with Gasteiger partial charge in [0, 0.05) is 69.4 Å². The van der Waals surface area contributed by atoms with Crippen LogP contribution in [0.4, 0.5) is 23.0 Å². The fourth-order valence-corrected chi connectivity index (χ4v) is 4.83. The molecule has 2 aromatic heterocycles. The van der Waals surface area contributed by atoms with E-state index in [1.54, 1.807) is 4.57 Å². The second-order valence-electron chi connectivity index (χ2n) is 9.99. The molecule has 0 unspecified atom stereocenters. The zero-order chi connectivity index (χ0) is 27.5. The molecule has 39 heavy (non-hydrogen) atoms. The lowest BCUT2D eigenvalue weighted by atomic mass is 10.1. The molecule has 0 fully saturated rings. The molecule has 0 spiro atoms. The monoisotopic (exact) mass is 524 g/mol. The van der Waals surface area contributed by atoms with Crippen molar-refractivity contribution in [1.29, 1.82) is 0 Å². The molecule has 1 aliphatic heterocycles. The quantitative estimate of drug-likeness (QED) is 0.351. The predicted molar refractivity (Wildman–Crippen MR) is 154 cm³/mol. The van der Waals surface area contributed by atoms with Crippen LogP contribution in [0.5, 0.6) is 0 Å². The maximum atomic E-state index is 13.7. The number of hydrogen-bond donors (Lipinski definition) is 2. The van der Waals surface area contributed by atoms with Gasteiger partial charge in [-0.25, -0.2) is 9.97 Å². The number of benzene rings is 2. The Morgan fingerprint density at radius 3 is 2.67 bits per heavy atom. The van der Waals surface area contributed by atoms with Crippen molar-refractivity contribution in [2.24, 2.45) is 0 Å². The third-order valence-electron chi connectivity index (χ3n) is 6.98. The smallest absolute Gasteiger partial charge is 0.303 e. The highest BCUT2D eigenvalue weighted by molar-refractivity contribution is 5.67. The van der Waals surface area contributed by atoms with Crippen LogP contribution >= 0.6 is 0 Å². The lowest BCUT2D eigenvalue weighted by Gasteiger charge is -2.31. The third kappa shape index (κ3) is 5.77. The minimum Gasteiger partial charge on any atom is -0.481 e. The van der Waals surface area contributed by atoms with Crippen molar-refractivity contribution in [3.63, 3.8) is 0 Å². The maximum Gasteiger partial charge on any atom is 0.303 e. The Morgan fingerprint density at radius 2 is 1.92 bits per heavy atom. The van der Waals surface area contributed by atoms with Crippen LogP contribution in [-0.2, 0) is 24.2 Å². The van der Waals surface area contributed by atoms with Gasteiger partial charge in [0.25, 0.3) is 5.56 Å². The topological polar surface area (TPSA) is 104 Å². The number of carboxylic acids is 1. The van der Waals surface area contributed by atoms with Crippen molar-refractivity contribution in [3.8, 4) is 5.69 Å². The second-order valence-corrected chi connectivity index (χ2v) is 9.99.